The Morgan fingerprint density at radius 2 is 2.06 bits per heavy atom. The standard InChI is InChI=1S/C14H19FN2/c1-9(2)14-10(7-8-16)13-11(15)5-4-6-12(13)17(14)3/h4-6,9H,7-8,16H2,1-3H3. The Kier molecular flexibility index (Phi) is 3.20. The van der Waals surface area contributed by atoms with Gasteiger partial charge in [-0.25, -0.2) is 4.39 Å². The molecule has 0 saturated heterocycles. The number of aromatic nitrogens is 1. The van der Waals surface area contributed by atoms with Crippen molar-refractivity contribution in [2.45, 2.75) is 26.2 Å². The van der Waals surface area contributed by atoms with E-state index in [9.17, 15) is 4.39 Å². The van der Waals surface area contributed by atoms with Crippen LogP contribution in [0.2, 0.25) is 0 Å². The van der Waals surface area contributed by atoms with Gasteiger partial charge in [0.25, 0.3) is 0 Å². The van der Waals surface area contributed by atoms with Gasteiger partial charge in [-0.15, -0.1) is 0 Å². The highest BCUT2D eigenvalue weighted by Crippen LogP contribution is 2.32. The highest BCUT2D eigenvalue weighted by atomic mass is 19.1. The summed E-state index contributed by atoms with van der Waals surface area (Å²) in [6.07, 6.45) is 0.728. The van der Waals surface area contributed by atoms with E-state index in [1.807, 2.05) is 13.1 Å². The molecular formula is C14H19FN2. The van der Waals surface area contributed by atoms with Gasteiger partial charge in [0, 0.05) is 18.1 Å². The summed E-state index contributed by atoms with van der Waals surface area (Å²) in [5.74, 6) is 0.224. The molecule has 17 heavy (non-hydrogen) atoms. The Morgan fingerprint density at radius 3 is 2.65 bits per heavy atom. The molecule has 0 aliphatic carbocycles. The molecule has 0 aliphatic rings. The Labute approximate surface area is 101 Å². The van der Waals surface area contributed by atoms with E-state index in [2.05, 4.69) is 18.4 Å². The average Bonchev–Trinajstić information content (AvgIpc) is 2.54. The normalized spacial score (nSPS) is 11.6. The van der Waals surface area contributed by atoms with Crippen molar-refractivity contribution in [3.8, 4) is 0 Å². The molecule has 0 unspecified atom stereocenters. The molecule has 0 fully saturated rings. The highest BCUT2D eigenvalue weighted by molar-refractivity contribution is 5.86. The second-order valence-corrected chi connectivity index (χ2v) is 4.75. The van der Waals surface area contributed by atoms with Crippen molar-refractivity contribution in [2.75, 3.05) is 6.54 Å². The van der Waals surface area contributed by atoms with Gasteiger partial charge in [0.1, 0.15) is 5.82 Å². The SMILES string of the molecule is CC(C)c1c(CCN)c2c(F)cccc2n1C. The predicted octanol–water partition coefficient (Wildman–Crippen LogP) is 2.94. The second kappa shape index (κ2) is 4.49. The van der Waals surface area contributed by atoms with Crippen LogP contribution in [0.3, 0.4) is 0 Å². The van der Waals surface area contributed by atoms with Crippen LogP contribution in [-0.2, 0) is 13.5 Å². The maximum absolute atomic E-state index is 14.0. The van der Waals surface area contributed by atoms with Crippen LogP contribution in [0, 0.1) is 5.82 Å². The quantitative estimate of drug-likeness (QED) is 0.869. The summed E-state index contributed by atoms with van der Waals surface area (Å²) in [6, 6.07) is 5.24. The molecule has 1 heterocycles. The van der Waals surface area contributed by atoms with Gasteiger partial charge in [-0.2, -0.15) is 0 Å². The molecule has 0 atom stereocenters. The van der Waals surface area contributed by atoms with E-state index in [1.54, 1.807) is 6.07 Å². The summed E-state index contributed by atoms with van der Waals surface area (Å²) < 4.78 is 16.1. The van der Waals surface area contributed by atoms with E-state index in [1.165, 1.54) is 11.8 Å². The summed E-state index contributed by atoms with van der Waals surface area (Å²) in [4.78, 5) is 0. The first-order chi connectivity index (χ1) is 8.07. The van der Waals surface area contributed by atoms with Crippen molar-refractivity contribution in [3.63, 3.8) is 0 Å². The number of nitrogens with zero attached hydrogens (tertiary/aromatic N) is 1. The average molecular weight is 234 g/mol. The molecule has 0 saturated carbocycles. The first-order valence-electron chi connectivity index (χ1n) is 6.03. The molecule has 1 aromatic heterocycles. The Hall–Kier alpha value is -1.35. The number of fused-ring (bicyclic) bond motifs is 1. The first-order valence-corrected chi connectivity index (χ1v) is 6.03. The molecule has 0 spiro atoms. The zero-order valence-electron chi connectivity index (χ0n) is 10.6. The molecule has 92 valence electrons. The molecule has 0 radical (unpaired) electrons. The molecule has 3 heteroatoms. The minimum atomic E-state index is -0.145. The van der Waals surface area contributed by atoms with Gasteiger partial charge in [-0.1, -0.05) is 19.9 Å². The van der Waals surface area contributed by atoms with Crippen molar-refractivity contribution in [3.05, 3.63) is 35.3 Å². The number of rotatable bonds is 3. The number of hydrogen-bond donors (Lipinski definition) is 1. The van der Waals surface area contributed by atoms with Crippen LogP contribution in [0.1, 0.15) is 31.0 Å². The smallest absolute Gasteiger partial charge is 0.132 e. The fourth-order valence-electron chi connectivity index (χ4n) is 2.68. The van der Waals surface area contributed by atoms with E-state index < -0.39 is 0 Å². The third-order valence-electron chi connectivity index (χ3n) is 3.27. The van der Waals surface area contributed by atoms with Gasteiger partial charge in [0.05, 0.1) is 5.52 Å². The van der Waals surface area contributed by atoms with Gasteiger partial charge >= 0.3 is 0 Å². The number of benzene rings is 1. The van der Waals surface area contributed by atoms with Crippen LogP contribution in [0.5, 0.6) is 0 Å². The van der Waals surface area contributed by atoms with E-state index in [4.69, 9.17) is 5.73 Å². The third kappa shape index (κ3) is 1.84. The Bertz CT molecular complexity index is 541. The van der Waals surface area contributed by atoms with Crippen LogP contribution < -0.4 is 5.73 Å². The predicted molar refractivity (Wildman–Crippen MR) is 69.7 cm³/mol. The van der Waals surface area contributed by atoms with Crippen molar-refractivity contribution in [1.82, 2.24) is 4.57 Å². The fourth-order valence-corrected chi connectivity index (χ4v) is 2.68. The number of halogens is 1. The van der Waals surface area contributed by atoms with Crippen LogP contribution in [0.25, 0.3) is 10.9 Å². The summed E-state index contributed by atoms with van der Waals surface area (Å²) in [7, 11) is 2.00. The van der Waals surface area contributed by atoms with Gasteiger partial charge in [0.15, 0.2) is 0 Å². The Balaban J connectivity index is 2.84. The van der Waals surface area contributed by atoms with Crippen LogP contribution in [-0.4, -0.2) is 11.1 Å². The molecule has 1 aromatic carbocycles. The summed E-state index contributed by atoms with van der Waals surface area (Å²) in [6.45, 7) is 4.81. The van der Waals surface area contributed by atoms with E-state index in [0.29, 0.717) is 12.5 Å². The first kappa shape index (κ1) is 12.1. The summed E-state index contributed by atoms with van der Waals surface area (Å²) in [5.41, 5.74) is 8.86. The van der Waals surface area contributed by atoms with E-state index in [0.717, 1.165) is 22.9 Å². The molecule has 2 aromatic rings. The minimum absolute atomic E-state index is 0.145. The molecule has 2 rings (SSSR count). The monoisotopic (exact) mass is 234 g/mol. The lowest BCUT2D eigenvalue weighted by atomic mass is 10.0. The second-order valence-electron chi connectivity index (χ2n) is 4.75. The van der Waals surface area contributed by atoms with Gasteiger partial charge in [-0.05, 0) is 36.6 Å². The van der Waals surface area contributed by atoms with Gasteiger partial charge in [-0.3, -0.25) is 0 Å². The summed E-state index contributed by atoms with van der Waals surface area (Å²) in [5, 5.41) is 0.740. The van der Waals surface area contributed by atoms with Crippen LogP contribution in [0.4, 0.5) is 4.39 Å². The van der Waals surface area contributed by atoms with Crippen molar-refractivity contribution in [2.24, 2.45) is 12.8 Å². The van der Waals surface area contributed by atoms with Crippen molar-refractivity contribution >= 4 is 10.9 Å². The zero-order valence-corrected chi connectivity index (χ0v) is 10.6. The maximum Gasteiger partial charge on any atom is 0.132 e. The lowest BCUT2D eigenvalue weighted by Gasteiger charge is -2.10. The highest BCUT2D eigenvalue weighted by Gasteiger charge is 2.19. The largest absolute Gasteiger partial charge is 0.347 e. The van der Waals surface area contributed by atoms with E-state index in [-0.39, 0.29) is 5.82 Å². The zero-order chi connectivity index (χ0) is 12.6. The molecule has 0 amide bonds. The molecule has 2 nitrogen and oxygen atoms in total. The molecule has 0 bridgehead atoms. The minimum Gasteiger partial charge on any atom is -0.347 e. The number of aryl methyl sites for hydroxylation is 1. The maximum atomic E-state index is 14.0. The lowest BCUT2D eigenvalue weighted by molar-refractivity contribution is 0.638. The van der Waals surface area contributed by atoms with E-state index >= 15 is 0 Å². The molecular weight excluding hydrogens is 215 g/mol. The third-order valence-corrected chi connectivity index (χ3v) is 3.27. The Morgan fingerprint density at radius 1 is 1.35 bits per heavy atom. The fraction of sp³-hybridized carbons (Fsp3) is 0.429. The van der Waals surface area contributed by atoms with Crippen LogP contribution >= 0.6 is 0 Å². The van der Waals surface area contributed by atoms with Gasteiger partial charge < -0.3 is 10.3 Å². The lowest BCUT2D eigenvalue weighted by Crippen LogP contribution is -2.07. The molecule has 2 N–H and O–H groups in total. The van der Waals surface area contributed by atoms with Crippen molar-refractivity contribution in [1.29, 1.82) is 0 Å². The number of hydrogen-bond acceptors (Lipinski definition) is 1. The van der Waals surface area contributed by atoms with Crippen molar-refractivity contribution < 1.29 is 4.39 Å². The summed E-state index contributed by atoms with van der Waals surface area (Å²) >= 11 is 0. The topological polar surface area (TPSA) is 30.9 Å². The number of nitrogens with two attached hydrogens (primary N) is 1. The van der Waals surface area contributed by atoms with Gasteiger partial charge in [0.2, 0.25) is 0 Å². The van der Waals surface area contributed by atoms with Crippen LogP contribution in [0.15, 0.2) is 18.2 Å². The molecule has 0 aliphatic heterocycles.